The van der Waals surface area contributed by atoms with Crippen molar-refractivity contribution >= 4 is 33.6 Å². The smallest absolute Gasteiger partial charge is 0.232 e. The second-order valence-electron chi connectivity index (χ2n) is 3.84. The molecule has 1 atom stereocenters. The third-order valence-electron chi connectivity index (χ3n) is 2.37. The minimum atomic E-state index is -0.00587. The Kier molecular flexibility index (Phi) is 6.66. The largest absolute Gasteiger partial charge is 0.355 e. The van der Waals surface area contributed by atoms with E-state index in [-0.39, 0.29) is 11.2 Å². The molecule has 0 radical (unpaired) electrons. The van der Waals surface area contributed by atoms with Crippen LogP contribution in [0.5, 0.6) is 0 Å². The summed E-state index contributed by atoms with van der Waals surface area (Å²) in [6.45, 7) is 4.77. The number of carbonyl (C=O) groups is 1. The number of benzene rings is 1. The van der Waals surface area contributed by atoms with E-state index >= 15 is 0 Å². The van der Waals surface area contributed by atoms with Crippen molar-refractivity contribution < 1.29 is 4.79 Å². The van der Waals surface area contributed by atoms with Gasteiger partial charge in [0.25, 0.3) is 0 Å². The molecule has 0 saturated heterocycles. The van der Waals surface area contributed by atoms with E-state index in [0.717, 1.165) is 23.2 Å². The number of rotatable bonds is 6. The second kappa shape index (κ2) is 7.77. The first-order valence-corrected chi connectivity index (χ1v) is 7.62. The molecule has 0 fully saturated rings. The van der Waals surface area contributed by atoms with Crippen molar-refractivity contribution in [3.05, 3.63) is 34.3 Å². The molecule has 1 amide bonds. The van der Waals surface area contributed by atoms with Gasteiger partial charge in [0.2, 0.25) is 5.91 Å². The Labute approximate surface area is 116 Å². The zero-order chi connectivity index (χ0) is 12.7. The van der Waals surface area contributed by atoms with E-state index in [0.29, 0.717) is 0 Å². The van der Waals surface area contributed by atoms with Gasteiger partial charge in [-0.1, -0.05) is 41.1 Å². The van der Waals surface area contributed by atoms with Crippen molar-refractivity contribution in [3.63, 3.8) is 0 Å². The summed E-state index contributed by atoms with van der Waals surface area (Å²) in [7, 11) is 0. The molecule has 0 bridgehead atoms. The van der Waals surface area contributed by atoms with Crippen molar-refractivity contribution in [2.45, 2.75) is 31.3 Å². The van der Waals surface area contributed by atoms with Gasteiger partial charge >= 0.3 is 0 Å². The van der Waals surface area contributed by atoms with Crippen LogP contribution in [-0.2, 0) is 10.5 Å². The maximum Gasteiger partial charge on any atom is 0.232 e. The SMILES string of the molecule is CCCNC(=O)[C@H](C)SCc1ccccc1Br. The summed E-state index contributed by atoms with van der Waals surface area (Å²) < 4.78 is 1.11. The third kappa shape index (κ3) is 5.13. The number of carbonyl (C=O) groups excluding carboxylic acids is 1. The predicted molar refractivity (Wildman–Crippen MR) is 78.2 cm³/mol. The first-order chi connectivity index (χ1) is 8.15. The molecule has 1 rings (SSSR count). The monoisotopic (exact) mass is 315 g/mol. The van der Waals surface area contributed by atoms with Crippen molar-refractivity contribution in [3.8, 4) is 0 Å². The molecule has 2 nitrogen and oxygen atoms in total. The van der Waals surface area contributed by atoms with Gasteiger partial charge in [-0.15, -0.1) is 11.8 Å². The molecule has 4 heteroatoms. The standard InChI is InChI=1S/C13H18BrNOS/c1-3-8-15-13(16)10(2)17-9-11-6-4-5-7-12(11)14/h4-7,10H,3,8-9H2,1-2H3,(H,15,16)/t10-/m0/s1. The van der Waals surface area contributed by atoms with Crippen LogP contribution in [0, 0.1) is 0 Å². The van der Waals surface area contributed by atoms with Crippen LogP contribution < -0.4 is 5.32 Å². The number of hydrogen-bond acceptors (Lipinski definition) is 2. The van der Waals surface area contributed by atoms with E-state index in [2.05, 4.69) is 34.2 Å². The molecule has 0 aliphatic carbocycles. The number of halogens is 1. The summed E-state index contributed by atoms with van der Waals surface area (Å²) in [6.07, 6.45) is 0.980. The normalized spacial score (nSPS) is 12.2. The molecule has 0 saturated carbocycles. The lowest BCUT2D eigenvalue weighted by atomic mass is 10.2. The van der Waals surface area contributed by atoms with Crippen LogP contribution >= 0.6 is 27.7 Å². The number of thioether (sulfide) groups is 1. The van der Waals surface area contributed by atoms with E-state index in [1.807, 2.05) is 25.1 Å². The van der Waals surface area contributed by atoms with Crippen molar-refractivity contribution in [2.75, 3.05) is 6.54 Å². The van der Waals surface area contributed by atoms with Gasteiger partial charge in [0.15, 0.2) is 0 Å². The van der Waals surface area contributed by atoms with E-state index in [9.17, 15) is 4.79 Å². The topological polar surface area (TPSA) is 29.1 Å². The fourth-order valence-corrected chi connectivity index (χ4v) is 2.82. The molecule has 17 heavy (non-hydrogen) atoms. The molecule has 1 aromatic rings. The van der Waals surface area contributed by atoms with Gasteiger partial charge < -0.3 is 5.32 Å². The average Bonchev–Trinajstić information content (AvgIpc) is 2.34. The van der Waals surface area contributed by atoms with Gasteiger partial charge in [-0.05, 0) is 25.0 Å². The van der Waals surface area contributed by atoms with E-state index < -0.39 is 0 Å². The maximum absolute atomic E-state index is 11.7. The van der Waals surface area contributed by atoms with Crippen LogP contribution in [0.15, 0.2) is 28.7 Å². The van der Waals surface area contributed by atoms with Gasteiger partial charge in [0.05, 0.1) is 5.25 Å². The summed E-state index contributed by atoms with van der Waals surface area (Å²) in [5, 5.41) is 2.91. The lowest BCUT2D eigenvalue weighted by Crippen LogP contribution is -2.31. The average molecular weight is 316 g/mol. The fourth-order valence-electron chi connectivity index (χ4n) is 1.30. The molecule has 0 unspecified atom stereocenters. The lowest BCUT2D eigenvalue weighted by Gasteiger charge is -2.12. The van der Waals surface area contributed by atoms with E-state index in [1.54, 1.807) is 11.8 Å². The summed E-state index contributed by atoms with van der Waals surface area (Å²) in [5.74, 6) is 0.978. The molecule has 1 aromatic carbocycles. The molecule has 0 spiro atoms. The first-order valence-electron chi connectivity index (χ1n) is 5.78. The van der Waals surface area contributed by atoms with Gasteiger partial charge in [0, 0.05) is 16.8 Å². The Bertz CT molecular complexity index is 370. The van der Waals surface area contributed by atoms with Gasteiger partial charge in [0.1, 0.15) is 0 Å². The fraction of sp³-hybridized carbons (Fsp3) is 0.462. The quantitative estimate of drug-likeness (QED) is 0.869. The molecule has 0 heterocycles. The second-order valence-corrected chi connectivity index (χ2v) is 6.02. The van der Waals surface area contributed by atoms with Crippen molar-refractivity contribution in [2.24, 2.45) is 0 Å². The van der Waals surface area contributed by atoms with E-state index in [4.69, 9.17) is 0 Å². The molecule has 0 aromatic heterocycles. The minimum absolute atomic E-state index is 0.00587. The Morgan fingerprint density at radius 1 is 1.47 bits per heavy atom. The van der Waals surface area contributed by atoms with Gasteiger partial charge in [-0.3, -0.25) is 4.79 Å². The summed E-state index contributed by atoms with van der Waals surface area (Å²) in [5.41, 5.74) is 1.23. The summed E-state index contributed by atoms with van der Waals surface area (Å²) >= 11 is 5.17. The Hall–Kier alpha value is -0.480. The van der Waals surface area contributed by atoms with Crippen LogP contribution in [0.2, 0.25) is 0 Å². The molecule has 0 aliphatic heterocycles. The molecular weight excluding hydrogens is 298 g/mol. The minimum Gasteiger partial charge on any atom is -0.355 e. The van der Waals surface area contributed by atoms with Gasteiger partial charge in [-0.25, -0.2) is 0 Å². The lowest BCUT2D eigenvalue weighted by molar-refractivity contribution is -0.120. The number of nitrogens with one attached hydrogen (secondary N) is 1. The molecular formula is C13H18BrNOS. The highest BCUT2D eigenvalue weighted by Crippen LogP contribution is 2.23. The Morgan fingerprint density at radius 2 is 2.18 bits per heavy atom. The van der Waals surface area contributed by atoms with Crippen LogP contribution in [-0.4, -0.2) is 17.7 Å². The first kappa shape index (κ1) is 14.6. The van der Waals surface area contributed by atoms with Crippen LogP contribution in [0.3, 0.4) is 0 Å². The molecule has 0 aliphatic rings. The Morgan fingerprint density at radius 3 is 2.82 bits per heavy atom. The van der Waals surface area contributed by atoms with Crippen molar-refractivity contribution in [1.82, 2.24) is 5.32 Å². The van der Waals surface area contributed by atoms with E-state index in [1.165, 1.54) is 5.56 Å². The zero-order valence-electron chi connectivity index (χ0n) is 10.2. The number of amides is 1. The summed E-state index contributed by atoms with van der Waals surface area (Å²) in [6, 6.07) is 8.11. The van der Waals surface area contributed by atoms with Crippen LogP contribution in [0.4, 0.5) is 0 Å². The predicted octanol–water partition coefficient (Wildman–Crippen LogP) is 3.60. The highest BCUT2D eigenvalue weighted by atomic mass is 79.9. The third-order valence-corrected chi connectivity index (χ3v) is 4.33. The number of hydrogen-bond donors (Lipinski definition) is 1. The maximum atomic E-state index is 11.7. The van der Waals surface area contributed by atoms with Crippen molar-refractivity contribution in [1.29, 1.82) is 0 Å². The molecule has 94 valence electrons. The van der Waals surface area contributed by atoms with Crippen LogP contribution in [0.1, 0.15) is 25.8 Å². The highest BCUT2D eigenvalue weighted by molar-refractivity contribution is 9.10. The molecule has 1 N–H and O–H groups in total. The highest BCUT2D eigenvalue weighted by Gasteiger charge is 2.12. The summed E-state index contributed by atoms with van der Waals surface area (Å²) in [4.78, 5) is 11.7. The Balaban J connectivity index is 2.40. The zero-order valence-corrected chi connectivity index (χ0v) is 12.6. The van der Waals surface area contributed by atoms with Crippen LogP contribution in [0.25, 0.3) is 0 Å². The van der Waals surface area contributed by atoms with Gasteiger partial charge in [-0.2, -0.15) is 0 Å².